The first kappa shape index (κ1) is 20.5. The number of nitrogen functional groups attached to an aromatic ring is 1. The Balaban J connectivity index is 1.71. The zero-order valence-electron chi connectivity index (χ0n) is 17.5. The van der Waals surface area contributed by atoms with Crippen LogP contribution in [0.1, 0.15) is 5.82 Å². The second-order valence-corrected chi connectivity index (χ2v) is 7.92. The highest BCUT2D eigenvalue weighted by atomic mass is 35.5. The maximum atomic E-state index is 6.37. The first-order chi connectivity index (χ1) is 15.6. The molecule has 1 aliphatic rings. The summed E-state index contributed by atoms with van der Waals surface area (Å²) in [6.07, 6.45) is 3.10. The van der Waals surface area contributed by atoms with E-state index < -0.39 is 0 Å². The summed E-state index contributed by atoms with van der Waals surface area (Å²) in [6.45, 7) is 2.91. The molecule has 2 aromatic carbocycles. The van der Waals surface area contributed by atoms with Gasteiger partial charge in [-0.15, -0.1) is 0 Å². The number of ether oxygens (including phenoxy) is 2. The van der Waals surface area contributed by atoms with Crippen molar-refractivity contribution in [2.24, 2.45) is 7.05 Å². The maximum Gasteiger partial charge on any atom is 0.188 e. The van der Waals surface area contributed by atoms with Crippen LogP contribution < -0.4 is 15.4 Å². The number of hydrogen-bond donors (Lipinski definition) is 1. The van der Waals surface area contributed by atoms with Crippen molar-refractivity contribution in [2.45, 2.75) is 6.61 Å². The fourth-order valence-corrected chi connectivity index (χ4v) is 4.06. The predicted octanol–water partition coefficient (Wildman–Crippen LogP) is 3.08. The van der Waals surface area contributed by atoms with Crippen molar-refractivity contribution in [3.8, 4) is 16.9 Å². The third kappa shape index (κ3) is 3.92. The van der Waals surface area contributed by atoms with Gasteiger partial charge in [0.2, 0.25) is 0 Å². The largest absolute Gasteiger partial charge is 0.482 e. The third-order valence-electron chi connectivity index (χ3n) is 5.35. The summed E-state index contributed by atoms with van der Waals surface area (Å²) in [6, 6.07) is 9.75. The molecule has 0 aliphatic carbocycles. The average Bonchev–Trinajstić information content (AvgIpc) is 3.23. The van der Waals surface area contributed by atoms with Crippen molar-refractivity contribution in [3.63, 3.8) is 0 Å². The highest BCUT2D eigenvalue weighted by Crippen LogP contribution is 2.44. The van der Waals surface area contributed by atoms with Gasteiger partial charge in [-0.2, -0.15) is 5.10 Å². The minimum atomic E-state index is 0.193. The zero-order valence-corrected chi connectivity index (χ0v) is 18.3. The number of aromatic nitrogens is 5. The Hall–Kier alpha value is -3.43. The van der Waals surface area contributed by atoms with Crippen LogP contribution >= 0.6 is 11.6 Å². The Morgan fingerprint density at radius 3 is 2.75 bits per heavy atom. The Morgan fingerprint density at radius 2 is 2.00 bits per heavy atom. The van der Waals surface area contributed by atoms with Crippen LogP contribution in [0.3, 0.4) is 0 Å². The van der Waals surface area contributed by atoms with E-state index >= 15 is 0 Å². The van der Waals surface area contributed by atoms with E-state index in [0.717, 1.165) is 29.9 Å². The van der Waals surface area contributed by atoms with Crippen LogP contribution in [0.15, 0.2) is 43.0 Å². The van der Waals surface area contributed by atoms with Crippen LogP contribution in [0, 0.1) is 0 Å². The molecule has 32 heavy (non-hydrogen) atoms. The van der Waals surface area contributed by atoms with Crippen LogP contribution in [-0.4, -0.2) is 51.0 Å². The van der Waals surface area contributed by atoms with Crippen molar-refractivity contribution < 1.29 is 9.47 Å². The van der Waals surface area contributed by atoms with Gasteiger partial charge in [0.1, 0.15) is 25.1 Å². The van der Waals surface area contributed by atoms with Crippen molar-refractivity contribution in [3.05, 3.63) is 53.8 Å². The molecule has 10 heteroatoms. The molecule has 0 radical (unpaired) electrons. The molecule has 0 amide bonds. The Bertz CT molecular complexity index is 1270. The van der Waals surface area contributed by atoms with Gasteiger partial charge in [-0.3, -0.25) is 4.68 Å². The van der Waals surface area contributed by atoms with E-state index in [1.807, 2.05) is 31.3 Å². The normalized spacial score (nSPS) is 14.1. The summed E-state index contributed by atoms with van der Waals surface area (Å²) in [5.41, 5.74) is 9.80. The monoisotopic (exact) mass is 451 g/mol. The first-order valence-corrected chi connectivity index (χ1v) is 10.6. The molecule has 0 unspecified atom stereocenters. The molecule has 0 atom stereocenters. The molecular formula is C22H22ClN7O2. The number of nitrogens with two attached hydrogens (primary N) is 1. The number of halogens is 1. The molecule has 0 spiro atoms. The van der Waals surface area contributed by atoms with Crippen molar-refractivity contribution >= 4 is 34.0 Å². The lowest BCUT2D eigenvalue weighted by Crippen LogP contribution is -2.36. The molecule has 9 nitrogen and oxygen atoms in total. The van der Waals surface area contributed by atoms with Crippen LogP contribution in [0.2, 0.25) is 5.02 Å². The topological polar surface area (TPSA) is 104 Å². The van der Waals surface area contributed by atoms with Gasteiger partial charge in [0.15, 0.2) is 11.6 Å². The SMILES string of the molecule is Cn1cnc(COc2c(N3CCOCC3)cc(-c3cccc(Cl)c3)c3ncnc(N)c23)n1. The number of morpholine rings is 1. The summed E-state index contributed by atoms with van der Waals surface area (Å²) in [7, 11) is 1.82. The van der Waals surface area contributed by atoms with Crippen LogP contribution in [0.4, 0.5) is 11.5 Å². The standard InChI is InChI=1S/C22H22ClN7O2/c1-29-13-27-18(28-29)11-32-21-17(30-5-7-31-8-6-30)10-16(14-3-2-4-15(23)9-14)20-19(21)22(24)26-12-25-20/h2-4,9-10,12-13H,5-8,11H2,1H3,(H2,24,25,26). The van der Waals surface area contributed by atoms with Crippen molar-refractivity contribution in [1.82, 2.24) is 24.7 Å². The van der Waals surface area contributed by atoms with E-state index in [0.29, 0.717) is 46.5 Å². The molecule has 1 saturated heterocycles. The molecular weight excluding hydrogens is 430 g/mol. The molecule has 3 heterocycles. The Morgan fingerprint density at radius 1 is 1.16 bits per heavy atom. The lowest BCUT2D eigenvalue weighted by atomic mass is 9.99. The Labute approximate surface area is 189 Å². The molecule has 5 rings (SSSR count). The summed E-state index contributed by atoms with van der Waals surface area (Å²) in [5, 5.41) is 5.62. The van der Waals surface area contributed by atoms with E-state index in [4.69, 9.17) is 26.8 Å². The average molecular weight is 452 g/mol. The number of hydrogen-bond acceptors (Lipinski definition) is 8. The van der Waals surface area contributed by atoms with E-state index in [1.54, 1.807) is 11.0 Å². The second-order valence-electron chi connectivity index (χ2n) is 7.49. The minimum Gasteiger partial charge on any atom is -0.482 e. The minimum absolute atomic E-state index is 0.193. The van der Waals surface area contributed by atoms with E-state index in [-0.39, 0.29) is 6.61 Å². The van der Waals surface area contributed by atoms with Gasteiger partial charge in [0.05, 0.1) is 29.8 Å². The Kier molecular flexibility index (Phi) is 5.50. The summed E-state index contributed by atoms with van der Waals surface area (Å²) < 4.78 is 13.5. The molecule has 1 fully saturated rings. The fourth-order valence-electron chi connectivity index (χ4n) is 3.87. The van der Waals surface area contributed by atoms with E-state index in [9.17, 15) is 0 Å². The molecule has 2 aromatic heterocycles. The molecule has 0 saturated carbocycles. The van der Waals surface area contributed by atoms with Gasteiger partial charge in [-0.05, 0) is 23.8 Å². The summed E-state index contributed by atoms with van der Waals surface area (Å²) in [5.74, 6) is 1.53. The number of anilines is 2. The zero-order chi connectivity index (χ0) is 22.1. The van der Waals surface area contributed by atoms with E-state index in [2.05, 4.69) is 31.0 Å². The molecule has 0 bridgehead atoms. The van der Waals surface area contributed by atoms with Gasteiger partial charge in [0.25, 0.3) is 0 Å². The van der Waals surface area contributed by atoms with Crippen LogP contribution in [0.5, 0.6) is 5.75 Å². The van der Waals surface area contributed by atoms with Gasteiger partial charge in [-0.1, -0.05) is 23.7 Å². The van der Waals surface area contributed by atoms with Crippen LogP contribution in [0.25, 0.3) is 22.0 Å². The van der Waals surface area contributed by atoms with Gasteiger partial charge in [-0.25, -0.2) is 15.0 Å². The number of fused-ring (bicyclic) bond motifs is 1. The van der Waals surface area contributed by atoms with Gasteiger partial charge >= 0.3 is 0 Å². The van der Waals surface area contributed by atoms with Gasteiger partial charge in [0, 0.05) is 30.7 Å². The second kappa shape index (κ2) is 8.60. The van der Waals surface area contributed by atoms with E-state index in [1.165, 1.54) is 6.33 Å². The molecule has 164 valence electrons. The number of benzene rings is 2. The first-order valence-electron chi connectivity index (χ1n) is 10.2. The highest BCUT2D eigenvalue weighted by Gasteiger charge is 2.24. The third-order valence-corrected chi connectivity index (χ3v) is 5.59. The molecule has 1 aliphatic heterocycles. The quantitative estimate of drug-likeness (QED) is 0.493. The fraction of sp³-hybridized carbons (Fsp3) is 0.273. The maximum absolute atomic E-state index is 6.37. The summed E-state index contributed by atoms with van der Waals surface area (Å²) >= 11 is 6.29. The lowest BCUT2D eigenvalue weighted by Gasteiger charge is -2.31. The van der Waals surface area contributed by atoms with Crippen LogP contribution in [-0.2, 0) is 18.4 Å². The van der Waals surface area contributed by atoms with Crippen molar-refractivity contribution in [2.75, 3.05) is 36.9 Å². The predicted molar refractivity (Wildman–Crippen MR) is 123 cm³/mol. The lowest BCUT2D eigenvalue weighted by molar-refractivity contribution is 0.122. The number of nitrogens with zero attached hydrogens (tertiary/aromatic N) is 6. The number of aryl methyl sites for hydroxylation is 1. The molecule has 2 N–H and O–H groups in total. The van der Waals surface area contributed by atoms with Gasteiger partial charge < -0.3 is 20.1 Å². The summed E-state index contributed by atoms with van der Waals surface area (Å²) in [4.78, 5) is 15.3. The number of rotatable bonds is 5. The molecule has 4 aromatic rings. The van der Waals surface area contributed by atoms with Crippen molar-refractivity contribution in [1.29, 1.82) is 0 Å². The smallest absolute Gasteiger partial charge is 0.188 e. The highest BCUT2D eigenvalue weighted by molar-refractivity contribution is 6.31.